The van der Waals surface area contributed by atoms with E-state index in [0.29, 0.717) is 12.1 Å². The van der Waals surface area contributed by atoms with Crippen molar-refractivity contribution in [1.82, 2.24) is 9.80 Å². The third kappa shape index (κ3) is 2.28. The van der Waals surface area contributed by atoms with Crippen LogP contribution in [-0.2, 0) is 9.53 Å². The predicted octanol–water partition coefficient (Wildman–Crippen LogP) is 1.35. The van der Waals surface area contributed by atoms with Gasteiger partial charge in [0.1, 0.15) is 0 Å². The first kappa shape index (κ1) is 13.8. The van der Waals surface area contributed by atoms with E-state index in [1.165, 1.54) is 0 Å². The zero-order valence-corrected chi connectivity index (χ0v) is 12.2. The van der Waals surface area contributed by atoms with Crippen molar-refractivity contribution in [3.8, 4) is 0 Å². The minimum absolute atomic E-state index is 0.0206. The van der Waals surface area contributed by atoms with E-state index in [1.54, 1.807) is 0 Å². The Balaban J connectivity index is 2.12. The second-order valence-electron chi connectivity index (χ2n) is 6.13. The molecule has 104 valence electrons. The van der Waals surface area contributed by atoms with Gasteiger partial charge in [0, 0.05) is 38.3 Å². The van der Waals surface area contributed by atoms with Gasteiger partial charge in [0.15, 0.2) is 0 Å². The Hall–Kier alpha value is -0.610. The topological polar surface area (TPSA) is 32.8 Å². The summed E-state index contributed by atoms with van der Waals surface area (Å²) in [5.74, 6) is 0.261. The Morgan fingerprint density at radius 3 is 2.56 bits per heavy atom. The molecule has 1 amide bonds. The lowest BCUT2D eigenvalue weighted by molar-refractivity contribution is -0.138. The smallest absolute Gasteiger partial charge is 0.229 e. The van der Waals surface area contributed by atoms with Crippen LogP contribution in [0, 0.1) is 5.92 Å². The molecule has 0 aromatic rings. The fourth-order valence-electron chi connectivity index (χ4n) is 3.13. The Bertz CT molecular complexity index is 317. The van der Waals surface area contributed by atoms with Crippen molar-refractivity contribution in [2.24, 2.45) is 5.92 Å². The van der Waals surface area contributed by atoms with Crippen molar-refractivity contribution in [2.75, 3.05) is 20.2 Å². The molecule has 3 unspecified atom stereocenters. The molecule has 0 aromatic heterocycles. The molecule has 0 saturated carbocycles. The summed E-state index contributed by atoms with van der Waals surface area (Å²) in [5, 5.41) is 0. The van der Waals surface area contributed by atoms with E-state index in [4.69, 9.17) is 4.74 Å². The number of amides is 1. The Labute approximate surface area is 110 Å². The summed E-state index contributed by atoms with van der Waals surface area (Å²) in [6.07, 6.45) is 1.18. The molecular formula is C14H26N2O2. The number of hydrogen-bond acceptors (Lipinski definition) is 3. The highest BCUT2D eigenvalue weighted by atomic mass is 16.5. The average molecular weight is 254 g/mol. The van der Waals surface area contributed by atoms with E-state index >= 15 is 0 Å². The van der Waals surface area contributed by atoms with Crippen molar-refractivity contribution >= 4 is 5.91 Å². The molecule has 0 radical (unpaired) electrons. The molecule has 4 nitrogen and oxygen atoms in total. The van der Waals surface area contributed by atoms with Gasteiger partial charge in [-0.15, -0.1) is 0 Å². The Morgan fingerprint density at radius 2 is 2.00 bits per heavy atom. The van der Waals surface area contributed by atoms with Crippen molar-refractivity contribution in [3.05, 3.63) is 0 Å². The maximum Gasteiger partial charge on any atom is 0.229 e. The first-order valence-electron chi connectivity index (χ1n) is 7.07. The molecule has 18 heavy (non-hydrogen) atoms. The molecule has 0 bridgehead atoms. The zero-order chi connectivity index (χ0) is 13.4. The van der Waals surface area contributed by atoms with Crippen LogP contribution in [-0.4, -0.2) is 60.1 Å². The van der Waals surface area contributed by atoms with Crippen molar-refractivity contribution < 1.29 is 9.53 Å². The summed E-state index contributed by atoms with van der Waals surface area (Å²) in [7, 11) is 1.90. The minimum Gasteiger partial charge on any atom is -0.376 e. The Morgan fingerprint density at radius 1 is 1.33 bits per heavy atom. The lowest BCUT2D eigenvalue weighted by atomic mass is 10.00. The summed E-state index contributed by atoms with van der Waals surface area (Å²) in [5.41, 5.74) is 0. The number of carbonyl (C=O) groups is 1. The van der Waals surface area contributed by atoms with Crippen molar-refractivity contribution in [3.63, 3.8) is 0 Å². The van der Waals surface area contributed by atoms with Crippen LogP contribution < -0.4 is 0 Å². The number of ether oxygens (including phenoxy) is 1. The molecule has 2 aliphatic heterocycles. The van der Waals surface area contributed by atoms with Gasteiger partial charge in [-0.2, -0.15) is 0 Å². The highest BCUT2D eigenvalue weighted by molar-refractivity contribution is 5.80. The first-order valence-corrected chi connectivity index (χ1v) is 7.07. The fourth-order valence-corrected chi connectivity index (χ4v) is 3.13. The summed E-state index contributed by atoms with van der Waals surface area (Å²) in [4.78, 5) is 16.8. The number of fused-ring (bicyclic) bond motifs is 1. The third-order valence-corrected chi connectivity index (χ3v) is 4.44. The van der Waals surface area contributed by atoms with Crippen LogP contribution in [0.25, 0.3) is 0 Å². The molecule has 0 spiro atoms. The first-order chi connectivity index (χ1) is 8.43. The molecule has 2 aliphatic rings. The second-order valence-corrected chi connectivity index (χ2v) is 6.13. The average Bonchev–Trinajstić information content (AvgIpc) is 2.86. The molecule has 0 aliphatic carbocycles. The molecular weight excluding hydrogens is 228 g/mol. The molecule has 4 heteroatoms. The van der Waals surface area contributed by atoms with Gasteiger partial charge in [0.25, 0.3) is 0 Å². The van der Waals surface area contributed by atoms with Gasteiger partial charge in [-0.25, -0.2) is 0 Å². The van der Waals surface area contributed by atoms with E-state index in [-0.39, 0.29) is 24.0 Å². The quantitative estimate of drug-likeness (QED) is 0.762. The normalized spacial score (nSPS) is 32.3. The Kier molecular flexibility index (Phi) is 3.97. The molecule has 2 fully saturated rings. The summed E-state index contributed by atoms with van der Waals surface area (Å²) in [6.45, 7) is 10.2. The van der Waals surface area contributed by atoms with E-state index in [0.717, 1.165) is 19.6 Å². The standard InChI is InChI=1S/C14H26N2O2/c1-9(2)15(5)14(17)11-8-16(10(3)4)12-6-7-18-13(11)12/h9-13H,6-8H2,1-5H3. The number of nitrogens with zero attached hydrogens (tertiary/aromatic N) is 2. The largest absolute Gasteiger partial charge is 0.376 e. The highest BCUT2D eigenvalue weighted by Gasteiger charge is 2.49. The zero-order valence-electron chi connectivity index (χ0n) is 12.2. The lowest BCUT2D eigenvalue weighted by Gasteiger charge is -2.27. The number of carbonyl (C=O) groups excluding carboxylic acids is 1. The van der Waals surface area contributed by atoms with Crippen LogP contribution in [0.5, 0.6) is 0 Å². The van der Waals surface area contributed by atoms with E-state index < -0.39 is 0 Å². The van der Waals surface area contributed by atoms with Gasteiger partial charge >= 0.3 is 0 Å². The van der Waals surface area contributed by atoms with Crippen molar-refractivity contribution in [1.29, 1.82) is 0 Å². The van der Waals surface area contributed by atoms with Crippen LogP contribution in [0.1, 0.15) is 34.1 Å². The minimum atomic E-state index is 0.0206. The lowest BCUT2D eigenvalue weighted by Crippen LogP contribution is -2.42. The summed E-state index contributed by atoms with van der Waals surface area (Å²) in [6, 6.07) is 1.19. The monoisotopic (exact) mass is 254 g/mol. The number of hydrogen-bond donors (Lipinski definition) is 0. The SMILES string of the molecule is CC(C)N(C)C(=O)C1CN(C(C)C)C2CCOC12. The summed E-state index contributed by atoms with van der Waals surface area (Å²) < 4.78 is 5.83. The van der Waals surface area contributed by atoms with Crippen molar-refractivity contribution in [2.45, 2.75) is 58.3 Å². The number of rotatable bonds is 3. The molecule has 2 heterocycles. The molecule has 0 N–H and O–H groups in total. The molecule has 3 atom stereocenters. The molecule has 2 saturated heterocycles. The van der Waals surface area contributed by atoms with Crippen LogP contribution in [0.15, 0.2) is 0 Å². The maximum atomic E-state index is 12.5. The van der Waals surface area contributed by atoms with Crippen LogP contribution in [0.3, 0.4) is 0 Å². The van der Waals surface area contributed by atoms with Crippen LogP contribution in [0.4, 0.5) is 0 Å². The van der Waals surface area contributed by atoms with Gasteiger partial charge < -0.3 is 9.64 Å². The third-order valence-electron chi connectivity index (χ3n) is 4.44. The highest BCUT2D eigenvalue weighted by Crippen LogP contribution is 2.35. The maximum absolute atomic E-state index is 12.5. The van der Waals surface area contributed by atoms with E-state index in [1.807, 2.05) is 11.9 Å². The van der Waals surface area contributed by atoms with Gasteiger partial charge in [-0.05, 0) is 34.1 Å². The van der Waals surface area contributed by atoms with Gasteiger partial charge in [0.2, 0.25) is 5.91 Å². The second kappa shape index (κ2) is 5.17. The van der Waals surface area contributed by atoms with E-state index in [9.17, 15) is 4.79 Å². The molecule has 2 rings (SSSR count). The van der Waals surface area contributed by atoms with Gasteiger partial charge in [-0.3, -0.25) is 9.69 Å². The van der Waals surface area contributed by atoms with Crippen LogP contribution in [0.2, 0.25) is 0 Å². The fraction of sp³-hybridized carbons (Fsp3) is 0.929. The number of likely N-dealkylation sites (tertiary alicyclic amines) is 1. The van der Waals surface area contributed by atoms with Crippen LogP contribution >= 0.6 is 0 Å². The van der Waals surface area contributed by atoms with Gasteiger partial charge in [0.05, 0.1) is 12.0 Å². The molecule has 0 aromatic carbocycles. The van der Waals surface area contributed by atoms with Gasteiger partial charge in [-0.1, -0.05) is 0 Å². The summed E-state index contributed by atoms with van der Waals surface area (Å²) >= 11 is 0. The van der Waals surface area contributed by atoms with E-state index in [2.05, 4.69) is 32.6 Å². The predicted molar refractivity (Wildman–Crippen MR) is 71.4 cm³/mol.